The summed E-state index contributed by atoms with van der Waals surface area (Å²) in [6, 6.07) is 6.07. The summed E-state index contributed by atoms with van der Waals surface area (Å²) in [4.78, 5) is 24.8. The van der Waals surface area contributed by atoms with Crippen molar-refractivity contribution >= 4 is 34.5 Å². The standard InChI is InChI=1S/C15H22IN3O3/c1-19(13(15(21)22)3-2-8-17)14(20)12(18)9-10-4-6-11(16)7-5-10/h4-7,12-13H,2-3,8-9,17-18H2,1H3,(H,21,22). The third kappa shape index (κ3) is 5.54. The summed E-state index contributed by atoms with van der Waals surface area (Å²) in [7, 11) is 1.48. The van der Waals surface area contributed by atoms with E-state index in [9.17, 15) is 14.7 Å². The number of halogens is 1. The number of rotatable bonds is 8. The molecular formula is C15H22IN3O3. The fourth-order valence-corrected chi connectivity index (χ4v) is 2.53. The Morgan fingerprint density at radius 3 is 2.41 bits per heavy atom. The molecule has 0 aliphatic carbocycles. The van der Waals surface area contributed by atoms with Crippen LogP contribution in [0.1, 0.15) is 18.4 Å². The smallest absolute Gasteiger partial charge is 0.326 e. The van der Waals surface area contributed by atoms with E-state index in [0.29, 0.717) is 25.8 Å². The van der Waals surface area contributed by atoms with Crippen LogP contribution in [-0.2, 0) is 16.0 Å². The molecule has 0 radical (unpaired) electrons. The summed E-state index contributed by atoms with van der Waals surface area (Å²) < 4.78 is 1.10. The minimum atomic E-state index is -1.04. The predicted octanol–water partition coefficient (Wildman–Crippen LogP) is 0.812. The zero-order chi connectivity index (χ0) is 16.7. The Balaban J connectivity index is 2.70. The fraction of sp³-hybridized carbons (Fsp3) is 0.467. The number of carbonyl (C=O) groups excluding carboxylic acids is 1. The van der Waals surface area contributed by atoms with Gasteiger partial charge in [0, 0.05) is 10.6 Å². The van der Waals surface area contributed by atoms with Crippen molar-refractivity contribution in [3.05, 3.63) is 33.4 Å². The van der Waals surface area contributed by atoms with Crippen LogP contribution in [0.15, 0.2) is 24.3 Å². The summed E-state index contributed by atoms with van der Waals surface area (Å²) in [5, 5.41) is 9.24. The molecule has 0 aliphatic rings. The van der Waals surface area contributed by atoms with Gasteiger partial charge in [-0.2, -0.15) is 0 Å². The van der Waals surface area contributed by atoms with Crippen molar-refractivity contribution in [2.24, 2.45) is 11.5 Å². The average Bonchev–Trinajstić information content (AvgIpc) is 2.48. The molecule has 0 saturated heterocycles. The Kier molecular flexibility index (Phi) is 7.77. The lowest BCUT2D eigenvalue weighted by Crippen LogP contribution is -2.50. The Morgan fingerprint density at radius 2 is 1.91 bits per heavy atom. The van der Waals surface area contributed by atoms with Crippen molar-refractivity contribution in [1.82, 2.24) is 4.90 Å². The summed E-state index contributed by atoms with van der Waals surface area (Å²) in [5.74, 6) is -1.41. The van der Waals surface area contributed by atoms with Crippen LogP contribution < -0.4 is 11.5 Å². The van der Waals surface area contributed by atoms with E-state index in [-0.39, 0.29) is 5.91 Å². The molecule has 1 amide bonds. The molecule has 22 heavy (non-hydrogen) atoms. The summed E-state index contributed by atoms with van der Waals surface area (Å²) in [5.41, 5.74) is 12.3. The van der Waals surface area contributed by atoms with E-state index in [4.69, 9.17) is 11.5 Å². The number of likely N-dealkylation sites (N-methyl/N-ethyl adjacent to an activating group) is 1. The second-order valence-corrected chi connectivity index (χ2v) is 6.42. The fourth-order valence-electron chi connectivity index (χ4n) is 2.17. The van der Waals surface area contributed by atoms with E-state index in [2.05, 4.69) is 22.6 Å². The van der Waals surface area contributed by atoms with E-state index in [1.54, 1.807) is 0 Å². The van der Waals surface area contributed by atoms with E-state index in [1.165, 1.54) is 11.9 Å². The van der Waals surface area contributed by atoms with Crippen LogP contribution in [0.25, 0.3) is 0 Å². The molecule has 7 heteroatoms. The number of nitrogens with zero attached hydrogens (tertiary/aromatic N) is 1. The minimum Gasteiger partial charge on any atom is -0.480 e. The maximum atomic E-state index is 12.3. The molecule has 5 N–H and O–H groups in total. The van der Waals surface area contributed by atoms with Crippen LogP contribution in [0, 0.1) is 3.57 Å². The highest BCUT2D eigenvalue weighted by Gasteiger charge is 2.29. The summed E-state index contributed by atoms with van der Waals surface area (Å²) in [6.45, 7) is 0.389. The van der Waals surface area contributed by atoms with E-state index >= 15 is 0 Å². The zero-order valence-electron chi connectivity index (χ0n) is 12.5. The van der Waals surface area contributed by atoms with Crippen molar-refractivity contribution in [2.45, 2.75) is 31.3 Å². The molecule has 2 atom stereocenters. The maximum absolute atomic E-state index is 12.3. The lowest BCUT2D eigenvalue weighted by atomic mass is 10.0. The number of hydrogen-bond donors (Lipinski definition) is 3. The quantitative estimate of drug-likeness (QED) is 0.541. The first kappa shape index (κ1) is 18.9. The van der Waals surface area contributed by atoms with Gasteiger partial charge in [-0.25, -0.2) is 4.79 Å². The Bertz CT molecular complexity index is 507. The highest BCUT2D eigenvalue weighted by Crippen LogP contribution is 2.11. The van der Waals surface area contributed by atoms with Crippen LogP contribution >= 0.6 is 22.6 Å². The van der Waals surface area contributed by atoms with Crippen LogP contribution in [0.5, 0.6) is 0 Å². The number of carboxylic acids is 1. The first-order valence-electron chi connectivity index (χ1n) is 7.06. The van der Waals surface area contributed by atoms with Crippen molar-refractivity contribution in [3.63, 3.8) is 0 Å². The van der Waals surface area contributed by atoms with Crippen LogP contribution in [-0.4, -0.2) is 47.6 Å². The Morgan fingerprint density at radius 1 is 1.32 bits per heavy atom. The van der Waals surface area contributed by atoms with E-state index in [1.807, 2.05) is 24.3 Å². The predicted molar refractivity (Wildman–Crippen MR) is 93.3 cm³/mol. The maximum Gasteiger partial charge on any atom is 0.326 e. The average molecular weight is 419 g/mol. The van der Waals surface area contributed by atoms with Crippen molar-refractivity contribution in [1.29, 1.82) is 0 Å². The second-order valence-electron chi connectivity index (χ2n) is 5.17. The van der Waals surface area contributed by atoms with Gasteiger partial charge in [-0.05, 0) is 66.1 Å². The first-order valence-corrected chi connectivity index (χ1v) is 8.14. The molecule has 122 valence electrons. The molecule has 0 spiro atoms. The molecule has 0 saturated carbocycles. The normalized spacial score (nSPS) is 13.5. The lowest BCUT2D eigenvalue weighted by Gasteiger charge is -2.27. The number of hydrogen-bond acceptors (Lipinski definition) is 4. The van der Waals surface area contributed by atoms with Gasteiger partial charge in [0.2, 0.25) is 5.91 Å². The molecule has 1 aromatic carbocycles. The molecule has 0 fully saturated rings. The van der Waals surface area contributed by atoms with Gasteiger partial charge < -0.3 is 21.5 Å². The SMILES string of the molecule is CN(C(=O)C(N)Cc1ccc(I)cc1)C(CCCN)C(=O)O. The van der Waals surface area contributed by atoms with Crippen molar-refractivity contribution < 1.29 is 14.7 Å². The summed E-state index contributed by atoms with van der Waals surface area (Å²) >= 11 is 2.20. The number of carbonyl (C=O) groups is 2. The van der Waals surface area contributed by atoms with Gasteiger partial charge in [0.1, 0.15) is 6.04 Å². The van der Waals surface area contributed by atoms with Gasteiger partial charge in [-0.15, -0.1) is 0 Å². The van der Waals surface area contributed by atoms with E-state index in [0.717, 1.165) is 9.13 Å². The van der Waals surface area contributed by atoms with Gasteiger partial charge in [0.15, 0.2) is 0 Å². The third-order valence-electron chi connectivity index (χ3n) is 3.47. The topological polar surface area (TPSA) is 110 Å². The van der Waals surface area contributed by atoms with Crippen molar-refractivity contribution in [3.8, 4) is 0 Å². The summed E-state index contributed by atoms with van der Waals surface area (Å²) in [6.07, 6.45) is 1.24. The van der Waals surface area contributed by atoms with Gasteiger partial charge in [-0.3, -0.25) is 4.79 Å². The van der Waals surface area contributed by atoms with Crippen LogP contribution in [0.3, 0.4) is 0 Å². The van der Waals surface area contributed by atoms with Crippen LogP contribution in [0.4, 0.5) is 0 Å². The van der Waals surface area contributed by atoms with Crippen LogP contribution in [0.2, 0.25) is 0 Å². The number of benzene rings is 1. The number of amides is 1. The molecule has 0 aliphatic heterocycles. The Hall–Kier alpha value is -1.19. The molecular weight excluding hydrogens is 397 g/mol. The highest BCUT2D eigenvalue weighted by molar-refractivity contribution is 14.1. The number of nitrogens with two attached hydrogens (primary N) is 2. The minimum absolute atomic E-state index is 0.324. The van der Waals surface area contributed by atoms with E-state index < -0.39 is 18.1 Å². The Labute approximate surface area is 144 Å². The third-order valence-corrected chi connectivity index (χ3v) is 4.19. The molecule has 6 nitrogen and oxygen atoms in total. The molecule has 1 rings (SSSR count). The molecule has 0 aromatic heterocycles. The zero-order valence-corrected chi connectivity index (χ0v) is 14.7. The van der Waals surface area contributed by atoms with Gasteiger partial charge in [0.05, 0.1) is 6.04 Å². The van der Waals surface area contributed by atoms with Gasteiger partial charge >= 0.3 is 5.97 Å². The molecule has 0 bridgehead atoms. The number of carboxylic acid groups (broad SMARTS) is 1. The molecule has 1 aromatic rings. The lowest BCUT2D eigenvalue weighted by molar-refractivity contribution is -0.149. The van der Waals surface area contributed by atoms with Gasteiger partial charge in [0.25, 0.3) is 0 Å². The second kappa shape index (κ2) is 9.06. The first-order chi connectivity index (χ1) is 10.4. The molecule has 2 unspecified atom stereocenters. The highest BCUT2D eigenvalue weighted by atomic mass is 127. The molecule has 0 heterocycles. The monoisotopic (exact) mass is 419 g/mol. The van der Waals surface area contributed by atoms with Gasteiger partial charge in [-0.1, -0.05) is 12.1 Å². The van der Waals surface area contributed by atoms with Crippen molar-refractivity contribution in [2.75, 3.05) is 13.6 Å². The number of aliphatic carboxylic acids is 1. The largest absolute Gasteiger partial charge is 0.480 e.